The van der Waals surface area contributed by atoms with Crippen molar-refractivity contribution in [3.8, 4) is 56.8 Å². The number of nitrogens with two attached hydrogens (primary N) is 1. The van der Waals surface area contributed by atoms with Gasteiger partial charge in [-0.15, -0.1) is 21.5 Å². The van der Waals surface area contributed by atoms with Gasteiger partial charge in [0.15, 0.2) is 18.2 Å². The third-order valence-electron chi connectivity index (χ3n) is 14.7. The first kappa shape index (κ1) is 50.9. The normalized spacial score (nSPS) is 21.0. The smallest absolute Gasteiger partial charge is 0.255 e. The first-order chi connectivity index (χ1) is 37.4. The zero-order valence-corrected chi connectivity index (χ0v) is 43.7. The van der Waals surface area contributed by atoms with Gasteiger partial charge in [-0.2, -0.15) is 0 Å². The number of carbonyl (C=O) groups is 2. The van der Waals surface area contributed by atoms with Crippen LogP contribution in [0.1, 0.15) is 74.6 Å². The molecule has 1 saturated carbocycles. The number of pyridine rings is 2. The first-order valence-corrected chi connectivity index (χ1v) is 26.8. The Morgan fingerprint density at radius 2 is 1.70 bits per heavy atom. The summed E-state index contributed by atoms with van der Waals surface area (Å²) in [5.41, 5.74) is 14.8. The minimum Gasteiger partial charge on any atom is -0.507 e. The van der Waals surface area contributed by atoms with Crippen LogP contribution >= 0.6 is 11.3 Å². The fourth-order valence-electron chi connectivity index (χ4n) is 10.8. The molecule has 4 aliphatic rings. The number of aliphatic hydroxyl groups is 1. The number of piperazine rings is 1. The lowest BCUT2D eigenvalue weighted by atomic mass is 9.91. The number of aromatic hydroxyl groups is 1. The standard InChI is InChI=1S/C57H59N11O8S/c1-33(2)53(57(72)67-31-41(69)22-48(67)56(71)61-27-35-10-12-36(13-11-35)54-34(3)62-32-77-54)50-26-52(65-76-50)73-20-6-7-37-14-17-42(28-60-37)74-43-23-44(24-43)75-51-21-38(18-19-59-51)68-39-15-16-40(68)30-66(29-39)47-25-46(63-64-55(47)58)45-8-4-5-9-49(45)70/h4-5,8-14,17-19,21,25-26,28,32-33,39-41,43-44,48,53,69-70H,15-16,20,22-24,27,29-31H2,1-3H3,(H2,58,64)(H,61,71)/t39-,40?,41-,43?,44?,48+,53-/m1/s1. The molecule has 4 fully saturated rings. The maximum Gasteiger partial charge on any atom is 0.255 e. The zero-order valence-electron chi connectivity index (χ0n) is 42.9. The Morgan fingerprint density at radius 3 is 2.44 bits per heavy atom. The lowest BCUT2D eigenvalue weighted by Crippen LogP contribution is -2.54. The summed E-state index contributed by atoms with van der Waals surface area (Å²) >= 11 is 1.58. The molecule has 5 N–H and O–H groups in total. The number of anilines is 3. The molecule has 1 aliphatic carbocycles. The molecule has 3 aliphatic heterocycles. The summed E-state index contributed by atoms with van der Waals surface area (Å²) in [7, 11) is 0. The van der Waals surface area contributed by atoms with Crippen molar-refractivity contribution >= 4 is 40.3 Å². The maximum absolute atomic E-state index is 14.1. The second-order valence-electron chi connectivity index (χ2n) is 20.4. The van der Waals surface area contributed by atoms with Gasteiger partial charge in [0.1, 0.15) is 41.4 Å². The van der Waals surface area contributed by atoms with Crippen LogP contribution in [-0.2, 0) is 16.1 Å². The molecule has 5 atom stereocenters. The van der Waals surface area contributed by atoms with Gasteiger partial charge in [0, 0.05) is 87.1 Å². The molecule has 20 heteroatoms. The molecule has 2 amide bonds. The molecule has 2 bridgehead atoms. The van der Waals surface area contributed by atoms with Crippen LogP contribution in [0.3, 0.4) is 0 Å². The third-order valence-corrected chi connectivity index (χ3v) is 15.7. The van der Waals surface area contributed by atoms with E-state index in [0.29, 0.717) is 53.0 Å². The summed E-state index contributed by atoms with van der Waals surface area (Å²) in [4.78, 5) is 48.3. The van der Waals surface area contributed by atoms with Crippen LogP contribution in [0.4, 0.5) is 17.2 Å². The molecule has 77 heavy (non-hydrogen) atoms. The van der Waals surface area contributed by atoms with Gasteiger partial charge in [0.05, 0.1) is 39.8 Å². The summed E-state index contributed by atoms with van der Waals surface area (Å²) in [5, 5.41) is 36.6. The van der Waals surface area contributed by atoms with Gasteiger partial charge in [-0.3, -0.25) is 9.59 Å². The molecule has 8 heterocycles. The molecule has 11 rings (SSSR count). The molecule has 396 valence electrons. The van der Waals surface area contributed by atoms with Crippen molar-refractivity contribution < 1.29 is 38.5 Å². The van der Waals surface area contributed by atoms with Crippen molar-refractivity contribution in [2.75, 3.05) is 41.8 Å². The van der Waals surface area contributed by atoms with Crippen molar-refractivity contribution in [2.45, 2.75) is 102 Å². The van der Waals surface area contributed by atoms with Gasteiger partial charge in [0.2, 0.25) is 17.7 Å². The number of thiazole rings is 1. The number of aromatic nitrogens is 6. The number of aliphatic hydroxyl groups excluding tert-OH is 1. The van der Waals surface area contributed by atoms with Gasteiger partial charge >= 0.3 is 0 Å². The molecular weight excluding hydrogens is 999 g/mol. The summed E-state index contributed by atoms with van der Waals surface area (Å²) in [6.07, 6.45) is 6.20. The van der Waals surface area contributed by atoms with E-state index in [1.807, 2.05) is 93.1 Å². The van der Waals surface area contributed by atoms with Crippen LogP contribution in [0.5, 0.6) is 23.3 Å². The van der Waals surface area contributed by atoms with Gasteiger partial charge in [0.25, 0.3) is 5.88 Å². The van der Waals surface area contributed by atoms with E-state index < -0.39 is 18.1 Å². The average Bonchev–Trinajstić information content (AvgIpc) is 4.30. The fourth-order valence-corrected chi connectivity index (χ4v) is 11.6. The van der Waals surface area contributed by atoms with Gasteiger partial charge in [-0.25, -0.2) is 15.0 Å². The highest BCUT2D eigenvalue weighted by atomic mass is 32.1. The summed E-state index contributed by atoms with van der Waals surface area (Å²) in [5.74, 6) is 6.48. The number of aryl methyl sites for hydroxylation is 1. The number of carbonyl (C=O) groups excluding carboxylic acids is 2. The van der Waals surface area contributed by atoms with Crippen LogP contribution in [-0.4, -0.2) is 120 Å². The fraction of sp³-hybridized carbons (Fsp3) is 0.368. The molecule has 1 unspecified atom stereocenters. The lowest BCUT2D eigenvalue weighted by molar-refractivity contribution is -0.141. The SMILES string of the molecule is Cc1ncsc1-c1ccc(CNC(=O)[C@@H]2C[C@@H](O)CN2C(=O)[C@@H](c2cc(OCC#Cc3ccc(OC4CC(Oc5cc(N6C7CC[C@@H]6CN(c6cc(-c8ccccc8O)nnc6N)C7)ccn5)C4)cn3)no2)C(C)C)cc1. The second-order valence-corrected chi connectivity index (χ2v) is 21.2. The molecule has 19 nitrogen and oxygen atoms in total. The second kappa shape index (κ2) is 22.1. The van der Waals surface area contributed by atoms with Gasteiger partial charge < -0.3 is 54.7 Å². The number of nitrogens with zero attached hydrogens (tertiary/aromatic N) is 9. The van der Waals surface area contributed by atoms with E-state index in [2.05, 4.69) is 57.3 Å². The molecule has 0 spiro atoms. The number of rotatable bonds is 16. The summed E-state index contributed by atoms with van der Waals surface area (Å²) in [6, 6.07) is 25.9. The highest BCUT2D eigenvalue weighted by molar-refractivity contribution is 7.13. The largest absolute Gasteiger partial charge is 0.507 e. The summed E-state index contributed by atoms with van der Waals surface area (Å²) in [6.45, 7) is 7.58. The van der Waals surface area contributed by atoms with Crippen molar-refractivity contribution in [2.24, 2.45) is 5.92 Å². The minimum atomic E-state index is -0.843. The molecule has 3 saturated heterocycles. The van der Waals surface area contributed by atoms with Crippen LogP contribution in [0.15, 0.2) is 107 Å². The maximum atomic E-state index is 14.1. The number of benzene rings is 2. The number of phenols is 1. The number of ether oxygens (including phenoxy) is 3. The molecule has 2 aromatic carbocycles. The van der Waals surface area contributed by atoms with Gasteiger partial charge in [-0.1, -0.05) is 56.2 Å². The molecule has 7 aromatic rings. The Hall–Kier alpha value is -8.28. The number of amides is 2. The number of nitrogen functional groups attached to an aromatic ring is 1. The van der Waals surface area contributed by atoms with Crippen LogP contribution in [0.25, 0.3) is 21.7 Å². The number of hydrogen-bond donors (Lipinski definition) is 4. The monoisotopic (exact) mass is 1060 g/mol. The number of para-hydroxylation sites is 1. The zero-order chi connectivity index (χ0) is 53.2. The van der Waals surface area contributed by atoms with Crippen molar-refractivity contribution in [3.05, 3.63) is 126 Å². The van der Waals surface area contributed by atoms with E-state index in [9.17, 15) is 19.8 Å². The van der Waals surface area contributed by atoms with Crippen molar-refractivity contribution in [1.82, 2.24) is 40.5 Å². The summed E-state index contributed by atoms with van der Waals surface area (Å²) < 4.78 is 23.9. The molecule has 0 radical (unpaired) electrons. The number of likely N-dealkylation sites (tertiary alicyclic amines) is 1. The van der Waals surface area contributed by atoms with Crippen LogP contribution < -0.4 is 35.1 Å². The number of nitrogens with one attached hydrogen (secondary N) is 1. The Bertz CT molecular complexity index is 3290. The van der Waals surface area contributed by atoms with E-state index in [-0.39, 0.29) is 79.8 Å². The average molecular weight is 1060 g/mol. The van der Waals surface area contributed by atoms with Crippen molar-refractivity contribution in [3.63, 3.8) is 0 Å². The molecule has 5 aromatic heterocycles. The predicted octanol–water partition coefficient (Wildman–Crippen LogP) is 6.94. The van der Waals surface area contributed by atoms with Crippen molar-refractivity contribution in [1.29, 1.82) is 0 Å². The number of β-amino-alcohol motifs (C(OH)–C–C–N with tert-alkyl or cyclic N) is 1. The molecular formula is C57H59N11O8S. The Balaban J connectivity index is 0.623. The van der Waals surface area contributed by atoms with Crippen LogP contribution in [0, 0.1) is 24.7 Å². The van der Waals surface area contributed by atoms with E-state index in [1.54, 1.807) is 41.8 Å². The highest BCUT2D eigenvalue weighted by Gasteiger charge is 2.44. The first-order valence-electron chi connectivity index (χ1n) is 25.9. The lowest BCUT2D eigenvalue weighted by Gasteiger charge is -2.43. The number of phenolic OH excluding ortho intramolecular Hbond substituents is 1. The van der Waals surface area contributed by atoms with E-state index >= 15 is 0 Å². The van der Waals surface area contributed by atoms with Gasteiger partial charge in [-0.05, 0) is 84.3 Å². The number of fused-ring (bicyclic) bond motifs is 2. The number of hydrogen-bond acceptors (Lipinski definition) is 18. The van der Waals surface area contributed by atoms with E-state index in [4.69, 9.17) is 24.5 Å². The quantitative estimate of drug-likeness (QED) is 0.0717. The third kappa shape index (κ3) is 11.2. The Morgan fingerprint density at radius 1 is 0.909 bits per heavy atom. The van der Waals surface area contributed by atoms with E-state index in [0.717, 1.165) is 59.0 Å². The Kier molecular flexibility index (Phi) is 14.6. The minimum absolute atomic E-state index is 0.0111. The Labute approximate surface area is 449 Å². The topological polar surface area (TPSA) is 241 Å². The van der Waals surface area contributed by atoms with Crippen LogP contribution in [0.2, 0.25) is 0 Å². The predicted molar refractivity (Wildman–Crippen MR) is 288 cm³/mol. The van der Waals surface area contributed by atoms with E-state index in [1.165, 1.54) is 4.90 Å². The highest BCUT2D eigenvalue weighted by Crippen LogP contribution is 2.41.